The SMILES string of the molecule is COC(=O)c1ccc([C@H]2C(C#N)=C(SCC(=O)Nc3ccc(C)c(C)c3)NC(=O)[C@H]2C(=O)OC)cc1. The smallest absolute Gasteiger partial charge is 0.337 e. The van der Waals surface area contributed by atoms with Gasteiger partial charge in [-0.2, -0.15) is 5.26 Å². The molecule has 0 unspecified atom stereocenters. The highest BCUT2D eigenvalue weighted by molar-refractivity contribution is 8.03. The zero-order chi connectivity index (χ0) is 26.4. The van der Waals surface area contributed by atoms with Crippen molar-refractivity contribution in [2.75, 3.05) is 25.3 Å². The van der Waals surface area contributed by atoms with Gasteiger partial charge in [-0.15, -0.1) is 0 Å². The summed E-state index contributed by atoms with van der Waals surface area (Å²) in [6, 6.07) is 13.7. The molecule has 2 N–H and O–H groups in total. The van der Waals surface area contributed by atoms with Crippen LogP contribution in [0.15, 0.2) is 53.1 Å². The number of rotatable bonds is 7. The van der Waals surface area contributed by atoms with E-state index in [1.165, 1.54) is 19.2 Å². The van der Waals surface area contributed by atoms with Crippen molar-refractivity contribution in [3.63, 3.8) is 0 Å². The van der Waals surface area contributed by atoms with Crippen molar-refractivity contribution in [2.24, 2.45) is 5.92 Å². The number of carbonyl (C=O) groups excluding carboxylic acids is 4. The molecule has 0 saturated heterocycles. The van der Waals surface area contributed by atoms with Gasteiger partial charge in [0.15, 0.2) is 0 Å². The Kier molecular flexibility index (Phi) is 8.51. The second-order valence-electron chi connectivity index (χ2n) is 8.07. The standard InChI is InChI=1S/C26H25N3O6S/c1-14-5-10-18(11-15(14)2)28-20(30)13-36-24-19(12-27)21(22(23(31)29-24)26(33)35-4)16-6-8-17(9-7-16)25(32)34-3/h5-11,21-22H,13H2,1-4H3,(H,28,30)(H,29,31)/t21-,22-/m0/s1. The van der Waals surface area contributed by atoms with Crippen LogP contribution in [-0.2, 0) is 23.9 Å². The second kappa shape index (κ2) is 11.6. The minimum absolute atomic E-state index is 0.0788. The van der Waals surface area contributed by atoms with E-state index >= 15 is 0 Å². The van der Waals surface area contributed by atoms with Crippen molar-refractivity contribution in [3.8, 4) is 6.07 Å². The molecule has 0 radical (unpaired) electrons. The van der Waals surface area contributed by atoms with E-state index in [9.17, 15) is 24.4 Å². The van der Waals surface area contributed by atoms with Gasteiger partial charge in [0.25, 0.3) is 0 Å². The fourth-order valence-corrected chi connectivity index (χ4v) is 4.63. The van der Waals surface area contributed by atoms with Gasteiger partial charge < -0.3 is 20.1 Å². The molecule has 0 spiro atoms. The van der Waals surface area contributed by atoms with Crippen LogP contribution in [0.3, 0.4) is 0 Å². The summed E-state index contributed by atoms with van der Waals surface area (Å²) in [4.78, 5) is 49.8. The average molecular weight is 508 g/mol. The summed E-state index contributed by atoms with van der Waals surface area (Å²) in [5.41, 5.74) is 3.62. The van der Waals surface area contributed by atoms with Gasteiger partial charge in [0.2, 0.25) is 11.8 Å². The largest absolute Gasteiger partial charge is 0.468 e. The number of carbonyl (C=O) groups is 4. The van der Waals surface area contributed by atoms with E-state index in [-0.39, 0.29) is 27.8 Å². The normalized spacial score (nSPS) is 17.0. The molecular weight excluding hydrogens is 482 g/mol. The summed E-state index contributed by atoms with van der Waals surface area (Å²) in [7, 11) is 2.41. The highest BCUT2D eigenvalue weighted by Gasteiger charge is 2.44. The minimum Gasteiger partial charge on any atom is -0.468 e. The number of ether oxygens (including phenoxy) is 2. The lowest BCUT2D eigenvalue weighted by Crippen LogP contribution is -2.44. The molecule has 0 saturated carbocycles. The Morgan fingerprint density at radius 3 is 2.33 bits per heavy atom. The van der Waals surface area contributed by atoms with Gasteiger partial charge in [-0.25, -0.2) is 4.79 Å². The van der Waals surface area contributed by atoms with Crippen LogP contribution >= 0.6 is 11.8 Å². The number of aryl methyl sites for hydroxylation is 2. The Morgan fingerprint density at radius 2 is 1.75 bits per heavy atom. The number of nitrogens with zero attached hydrogens (tertiary/aromatic N) is 1. The molecule has 2 aromatic carbocycles. The molecule has 0 fully saturated rings. The minimum atomic E-state index is -1.32. The summed E-state index contributed by atoms with van der Waals surface area (Å²) in [6.07, 6.45) is 0. The molecule has 2 aromatic rings. The number of amides is 2. The van der Waals surface area contributed by atoms with E-state index in [1.807, 2.05) is 26.0 Å². The maximum Gasteiger partial charge on any atom is 0.337 e. The van der Waals surface area contributed by atoms with E-state index < -0.39 is 29.7 Å². The molecule has 36 heavy (non-hydrogen) atoms. The van der Waals surface area contributed by atoms with Gasteiger partial charge in [0, 0.05) is 11.6 Å². The first kappa shape index (κ1) is 26.5. The van der Waals surface area contributed by atoms with Crippen LogP contribution in [0, 0.1) is 31.1 Å². The zero-order valence-electron chi connectivity index (χ0n) is 20.2. The lowest BCUT2D eigenvalue weighted by molar-refractivity contribution is -0.150. The van der Waals surface area contributed by atoms with Crippen LogP contribution in [0.1, 0.15) is 33.0 Å². The summed E-state index contributed by atoms with van der Waals surface area (Å²) < 4.78 is 9.53. The first-order valence-electron chi connectivity index (χ1n) is 10.9. The van der Waals surface area contributed by atoms with Gasteiger partial charge in [-0.05, 0) is 54.8 Å². The lowest BCUT2D eigenvalue weighted by Gasteiger charge is -2.31. The number of esters is 2. The van der Waals surface area contributed by atoms with Crippen LogP contribution in [-0.4, -0.2) is 43.7 Å². The summed E-state index contributed by atoms with van der Waals surface area (Å²) in [5.74, 6) is -4.69. The van der Waals surface area contributed by atoms with E-state index in [0.717, 1.165) is 30.0 Å². The zero-order valence-corrected chi connectivity index (χ0v) is 21.0. The molecule has 3 rings (SSSR count). The van der Waals surface area contributed by atoms with E-state index in [1.54, 1.807) is 18.2 Å². The summed E-state index contributed by atoms with van der Waals surface area (Å²) >= 11 is 0.987. The third-order valence-corrected chi connectivity index (χ3v) is 6.83. The third-order valence-electron chi connectivity index (χ3n) is 5.81. The molecule has 2 atom stereocenters. The van der Waals surface area contributed by atoms with Crippen LogP contribution in [0.5, 0.6) is 0 Å². The monoisotopic (exact) mass is 507 g/mol. The quantitative estimate of drug-likeness (QED) is 0.431. The number of methoxy groups -OCH3 is 2. The molecule has 1 aliphatic rings. The number of nitrogens with one attached hydrogen (secondary N) is 2. The maximum absolute atomic E-state index is 12.9. The van der Waals surface area contributed by atoms with Crippen molar-refractivity contribution >= 4 is 41.2 Å². The number of anilines is 1. The van der Waals surface area contributed by atoms with Gasteiger partial charge in [0.1, 0.15) is 5.92 Å². The third kappa shape index (κ3) is 5.75. The molecule has 9 nitrogen and oxygen atoms in total. The first-order valence-corrected chi connectivity index (χ1v) is 11.9. The Balaban J connectivity index is 1.90. The van der Waals surface area contributed by atoms with Gasteiger partial charge in [-0.3, -0.25) is 14.4 Å². The Hall–Kier alpha value is -4.10. The van der Waals surface area contributed by atoms with E-state index in [2.05, 4.69) is 16.7 Å². The highest BCUT2D eigenvalue weighted by Crippen LogP contribution is 2.40. The molecule has 1 heterocycles. The Labute approximate surface area is 212 Å². The fraction of sp³-hybridized carbons (Fsp3) is 0.269. The number of hydrogen-bond donors (Lipinski definition) is 2. The highest BCUT2D eigenvalue weighted by atomic mass is 32.2. The predicted molar refractivity (Wildman–Crippen MR) is 134 cm³/mol. The Bertz CT molecular complexity index is 1280. The predicted octanol–water partition coefficient (Wildman–Crippen LogP) is 3.20. The Morgan fingerprint density at radius 1 is 1.06 bits per heavy atom. The molecule has 1 aliphatic heterocycles. The van der Waals surface area contributed by atoms with Gasteiger partial charge in [-0.1, -0.05) is 30.0 Å². The number of allylic oxidation sites excluding steroid dienone is 1. The molecular formula is C26H25N3O6S. The second-order valence-corrected chi connectivity index (χ2v) is 9.06. The average Bonchev–Trinajstić information content (AvgIpc) is 2.88. The molecule has 10 heteroatoms. The topological polar surface area (TPSA) is 135 Å². The van der Waals surface area contributed by atoms with Crippen LogP contribution < -0.4 is 10.6 Å². The molecule has 186 valence electrons. The maximum atomic E-state index is 12.9. The van der Waals surface area contributed by atoms with Crippen molar-refractivity contribution < 1.29 is 28.7 Å². The van der Waals surface area contributed by atoms with Crippen molar-refractivity contribution in [1.29, 1.82) is 5.26 Å². The number of hydrogen-bond acceptors (Lipinski definition) is 8. The summed E-state index contributed by atoms with van der Waals surface area (Å²) in [6.45, 7) is 3.91. The molecule has 0 aliphatic carbocycles. The van der Waals surface area contributed by atoms with Crippen LogP contribution in [0.2, 0.25) is 0 Å². The van der Waals surface area contributed by atoms with E-state index in [0.29, 0.717) is 11.3 Å². The van der Waals surface area contributed by atoms with Crippen molar-refractivity contribution in [3.05, 3.63) is 75.3 Å². The molecule has 2 amide bonds. The van der Waals surface area contributed by atoms with Gasteiger partial charge in [0.05, 0.1) is 42.2 Å². The van der Waals surface area contributed by atoms with E-state index in [4.69, 9.17) is 9.47 Å². The van der Waals surface area contributed by atoms with Gasteiger partial charge >= 0.3 is 11.9 Å². The number of benzene rings is 2. The number of nitriles is 1. The van der Waals surface area contributed by atoms with Crippen molar-refractivity contribution in [1.82, 2.24) is 5.32 Å². The molecule has 0 aromatic heterocycles. The van der Waals surface area contributed by atoms with Crippen molar-refractivity contribution in [2.45, 2.75) is 19.8 Å². The fourth-order valence-electron chi connectivity index (χ4n) is 3.78. The first-order chi connectivity index (χ1) is 17.2. The lowest BCUT2D eigenvalue weighted by atomic mass is 9.78. The summed E-state index contributed by atoms with van der Waals surface area (Å²) in [5, 5.41) is 15.6. The molecule has 0 bridgehead atoms. The number of thioether (sulfide) groups is 1. The van der Waals surface area contributed by atoms with Crippen LogP contribution in [0.4, 0.5) is 5.69 Å². The van der Waals surface area contributed by atoms with Crippen LogP contribution in [0.25, 0.3) is 0 Å².